The van der Waals surface area contributed by atoms with Gasteiger partial charge in [-0.05, 0) is 34.6 Å². The average molecular weight is 481 g/mol. The Morgan fingerprint density at radius 2 is 1.66 bits per heavy atom. The normalized spacial score (nSPS) is 20.2. The third-order valence-corrected chi connectivity index (χ3v) is 5.72. The number of halogens is 8. The molecule has 2 aromatic carbocycles. The van der Waals surface area contributed by atoms with Crippen LogP contribution in [0.4, 0.5) is 30.7 Å². The van der Waals surface area contributed by atoms with Crippen molar-refractivity contribution in [1.29, 1.82) is 0 Å². The number of carbonyl (C=O) groups excluding carboxylic acids is 1. The van der Waals surface area contributed by atoms with Crippen molar-refractivity contribution in [2.45, 2.75) is 25.8 Å². The lowest BCUT2D eigenvalue weighted by atomic mass is 10.0. The summed E-state index contributed by atoms with van der Waals surface area (Å²) >= 11 is 4.60. The Kier molecular flexibility index (Phi) is 6.34. The Morgan fingerprint density at radius 1 is 1.06 bits per heavy atom. The third kappa shape index (κ3) is 4.35. The van der Waals surface area contributed by atoms with Crippen LogP contribution in [-0.4, -0.2) is 11.4 Å². The molecule has 0 amide bonds. The number of esters is 1. The first-order chi connectivity index (χ1) is 14.8. The molecule has 0 aliphatic heterocycles. The second-order valence-corrected chi connectivity index (χ2v) is 8.40. The Hall–Kier alpha value is -2.55. The Balaban J connectivity index is 1.85. The molecule has 0 heterocycles. The molecule has 172 valence electrons. The largest absolute Gasteiger partial charge is 0.460 e. The first-order valence-electron chi connectivity index (χ1n) is 9.29. The lowest BCUT2D eigenvalue weighted by Crippen LogP contribution is -2.14. The maximum absolute atomic E-state index is 14.9. The van der Waals surface area contributed by atoms with Crippen molar-refractivity contribution in [3.63, 3.8) is 0 Å². The first-order valence-corrected chi connectivity index (χ1v) is 9.67. The predicted octanol–water partition coefficient (Wildman–Crippen LogP) is 6.91. The minimum atomic E-state index is -4.25. The second-order valence-electron chi connectivity index (χ2n) is 7.92. The molecule has 2 aromatic rings. The van der Waals surface area contributed by atoms with Gasteiger partial charge < -0.3 is 4.74 Å². The SMILES string of the molecule is CC1(C)C(/C=C(\F)C(F)(F)Cl)C1C(=O)OCc1c(F)c(F)c(F)c(-c2ccccc2)c1F. The van der Waals surface area contributed by atoms with Gasteiger partial charge in [-0.2, -0.15) is 8.78 Å². The van der Waals surface area contributed by atoms with Crippen molar-refractivity contribution in [3.8, 4) is 11.1 Å². The molecular formula is C22H16ClF7O2. The van der Waals surface area contributed by atoms with Gasteiger partial charge in [-0.15, -0.1) is 0 Å². The lowest BCUT2D eigenvalue weighted by molar-refractivity contribution is -0.147. The highest BCUT2D eigenvalue weighted by molar-refractivity contribution is 6.23. The van der Waals surface area contributed by atoms with E-state index in [1.165, 1.54) is 38.1 Å². The highest BCUT2D eigenvalue weighted by Gasteiger charge is 2.62. The van der Waals surface area contributed by atoms with Crippen molar-refractivity contribution < 1.29 is 40.3 Å². The molecule has 0 radical (unpaired) electrons. The highest BCUT2D eigenvalue weighted by Crippen LogP contribution is 2.60. The topological polar surface area (TPSA) is 26.3 Å². The van der Waals surface area contributed by atoms with E-state index in [1.807, 2.05) is 0 Å². The zero-order valence-electron chi connectivity index (χ0n) is 16.7. The summed E-state index contributed by atoms with van der Waals surface area (Å²) in [5, 5.41) is -4.25. The van der Waals surface area contributed by atoms with Crippen molar-refractivity contribution in [1.82, 2.24) is 0 Å². The van der Waals surface area contributed by atoms with Crippen LogP contribution in [0, 0.1) is 40.5 Å². The van der Waals surface area contributed by atoms with E-state index in [0.717, 1.165) is 0 Å². The van der Waals surface area contributed by atoms with E-state index in [0.29, 0.717) is 6.08 Å². The summed E-state index contributed by atoms with van der Waals surface area (Å²) in [6.07, 6.45) is 0.491. The Morgan fingerprint density at radius 3 is 2.22 bits per heavy atom. The van der Waals surface area contributed by atoms with Crippen LogP contribution in [0.25, 0.3) is 11.1 Å². The highest BCUT2D eigenvalue weighted by atomic mass is 35.5. The van der Waals surface area contributed by atoms with Crippen LogP contribution in [0.3, 0.4) is 0 Å². The van der Waals surface area contributed by atoms with E-state index in [1.54, 1.807) is 6.07 Å². The van der Waals surface area contributed by atoms with Gasteiger partial charge in [0.25, 0.3) is 0 Å². The van der Waals surface area contributed by atoms with E-state index in [-0.39, 0.29) is 5.56 Å². The molecule has 1 saturated carbocycles. The number of carbonyl (C=O) groups is 1. The van der Waals surface area contributed by atoms with Gasteiger partial charge >= 0.3 is 11.4 Å². The minimum Gasteiger partial charge on any atom is -0.460 e. The number of allylic oxidation sites excluding steroid dienone is 2. The number of alkyl halides is 3. The second kappa shape index (κ2) is 8.42. The summed E-state index contributed by atoms with van der Waals surface area (Å²) in [6.45, 7) is 1.84. The monoisotopic (exact) mass is 480 g/mol. The molecule has 1 aliphatic rings. The van der Waals surface area contributed by atoms with Gasteiger partial charge in [0.05, 0.1) is 17.0 Å². The molecule has 0 bridgehead atoms. The van der Waals surface area contributed by atoms with Gasteiger partial charge in [-0.3, -0.25) is 4.79 Å². The Bertz CT molecular complexity index is 1080. The van der Waals surface area contributed by atoms with Crippen molar-refractivity contribution >= 4 is 17.6 Å². The summed E-state index contributed by atoms with van der Waals surface area (Å²) in [6, 6.07) is 6.97. The quantitative estimate of drug-likeness (QED) is 0.148. The molecule has 10 heteroatoms. The number of rotatable bonds is 6. The van der Waals surface area contributed by atoms with Crippen molar-refractivity contribution in [2.75, 3.05) is 0 Å². The smallest absolute Gasteiger partial charge is 0.373 e. The zero-order valence-corrected chi connectivity index (χ0v) is 17.4. The first kappa shape index (κ1) is 24.1. The van der Waals surface area contributed by atoms with Gasteiger partial charge in [0.2, 0.25) is 0 Å². The van der Waals surface area contributed by atoms with Crippen LogP contribution in [0.1, 0.15) is 19.4 Å². The number of ether oxygens (including phenoxy) is 1. The van der Waals surface area contributed by atoms with E-state index in [9.17, 15) is 35.5 Å². The molecule has 1 aliphatic carbocycles. The number of benzene rings is 2. The molecule has 2 unspecified atom stereocenters. The molecule has 0 spiro atoms. The standard InChI is InChI=1S/C22H16ClF7O2/c1-21(2)12(8-13(24)22(23,29)30)15(21)20(31)32-9-11-16(25)14(10-6-4-3-5-7-10)18(27)19(28)17(11)26/h3-8,12,15H,9H2,1-2H3/b13-8-. The summed E-state index contributed by atoms with van der Waals surface area (Å²) in [7, 11) is 0. The minimum absolute atomic E-state index is 0.0695. The molecule has 2 atom stereocenters. The van der Waals surface area contributed by atoms with Crippen LogP contribution in [0.5, 0.6) is 0 Å². The predicted molar refractivity (Wildman–Crippen MR) is 102 cm³/mol. The van der Waals surface area contributed by atoms with Crippen LogP contribution in [0.2, 0.25) is 0 Å². The van der Waals surface area contributed by atoms with Gasteiger partial charge in [-0.25, -0.2) is 22.0 Å². The molecule has 3 rings (SSSR count). The molecule has 1 fully saturated rings. The van der Waals surface area contributed by atoms with E-state index in [4.69, 9.17) is 4.74 Å². The van der Waals surface area contributed by atoms with Crippen LogP contribution in [0.15, 0.2) is 42.2 Å². The number of hydrogen-bond acceptors (Lipinski definition) is 2. The average Bonchev–Trinajstić information content (AvgIpc) is 3.26. The van der Waals surface area contributed by atoms with Gasteiger partial charge in [0.15, 0.2) is 23.3 Å². The summed E-state index contributed by atoms with van der Waals surface area (Å²) in [5.74, 6) is -12.2. The summed E-state index contributed by atoms with van der Waals surface area (Å²) in [4.78, 5) is 12.4. The van der Waals surface area contributed by atoms with Crippen LogP contribution >= 0.6 is 11.6 Å². The summed E-state index contributed by atoms with van der Waals surface area (Å²) < 4.78 is 101. The van der Waals surface area contributed by atoms with Crippen LogP contribution in [-0.2, 0) is 16.1 Å². The molecule has 0 saturated heterocycles. The third-order valence-electron chi connectivity index (χ3n) is 5.54. The van der Waals surface area contributed by atoms with Gasteiger partial charge in [-0.1, -0.05) is 44.2 Å². The fourth-order valence-electron chi connectivity index (χ4n) is 3.59. The molecule has 0 N–H and O–H groups in total. The van der Waals surface area contributed by atoms with E-state index in [2.05, 4.69) is 11.6 Å². The van der Waals surface area contributed by atoms with E-state index < -0.39 is 75.4 Å². The maximum Gasteiger partial charge on any atom is 0.373 e. The summed E-state index contributed by atoms with van der Waals surface area (Å²) in [5.41, 5.74) is -2.94. The lowest BCUT2D eigenvalue weighted by Gasteiger charge is -2.13. The molecular weight excluding hydrogens is 465 g/mol. The van der Waals surface area contributed by atoms with Crippen molar-refractivity contribution in [3.05, 3.63) is 71.1 Å². The van der Waals surface area contributed by atoms with Gasteiger partial charge in [0, 0.05) is 0 Å². The van der Waals surface area contributed by atoms with Gasteiger partial charge in [0.1, 0.15) is 12.4 Å². The van der Waals surface area contributed by atoms with E-state index >= 15 is 0 Å². The molecule has 32 heavy (non-hydrogen) atoms. The maximum atomic E-state index is 14.9. The molecule has 0 aromatic heterocycles. The number of hydrogen-bond donors (Lipinski definition) is 0. The zero-order chi connectivity index (χ0) is 24.0. The van der Waals surface area contributed by atoms with Crippen LogP contribution < -0.4 is 0 Å². The Labute approximate surface area is 183 Å². The fourth-order valence-corrected chi connectivity index (χ4v) is 3.65. The molecule has 2 nitrogen and oxygen atoms in total. The van der Waals surface area contributed by atoms with Crippen molar-refractivity contribution in [2.24, 2.45) is 17.3 Å². The fraction of sp³-hybridized carbons (Fsp3) is 0.318.